The summed E-state index contributed by atoms with van der Waals surface area (Å²) in [5.74, 6) is 0.533. The van der Waals surface area contributed by atoms with Crippen LogP contribution in [0.2, 0.25) is 0 Å². The minimum Gasteiger partial charge on any atom is -0.495 e. The number of nitrogens with one attached hydrogen (secondary N) is 2. The molecule has 1 fully saturated rings. The number of amides is 1. The number of likely N-dealkylation sites (N-methyl/N-ethyl adjacent to an activating group) is 1. The predicted octanol–water partition coefficient (Wildman–Crippen LogP) is 2.12. The molecule has 1 aliphatic rings. The molecule has 7 nitrogen and oxygen atoms in total. The van der Waals surface area contributed by atoms with Crippen LogP contribution in [0.1, 0.15) is 37.6 Å². The first-order valence-electron chi connectivity index (χ1n) is 9.32. The number of ether oxygens (including phenoxy) is 1. The van der Waals surface area contributed by atoms with Crippen molar-refractivity contribution in [3.63, 3.8) is 0 Å². The van der Waals surface area contributed by atoms with Crippen LogP contribution in [0.15, 0.2) is 23.1 Å². The van der Waals surface area contributed by atoms with E-state index in [9.17, 15) is 13.2 Å². The van der Waals surface area contributed by atoms with Crippen molar-refractivity contribution in [3.8, 4) is 5.75 Å². The second kappa shape index (κ2) is 10.4. The fraction of sp³-hybridized carbons (Fsp3) is 0.632. The van der Waals surface area contributed by atoms with Crippen LogP contribution in [0, 0.1) is 11.8 Å². The lowest BCUT2D eigenvalue weighted by Crippen LogP contribution is -2.42. The Bertz CT molecular complexity index is 762. The number of hydrogen-bond acceptors (Lipinski definition) is 5. The Hall–Kier alpha value is -1.35. The zero-order chi connectivity index (χ0) is 20.2. The second-order valence-electron chi connectivity index (χ2n) is 7.53. The quantitative estimate of drug-likeness (QED) is 0.687. The second-order valence-corrected chi connectivity index (χ2v) is 9.44. The van der Waals surface area contributed by atoms with Crippen LogP contribution >= 0.6 is 12.4 Å². The average molecular weight is 434 g/mol. The van der Waals surface area contributed by atoms with Crippen LogP contribution in [0.25, 0.3) is 0 Å². The van der Waals surface area contributed by atoms with Crippen molar-refractivity contribution in [1.29, 1.82) is 0 Å². The summed E-state index contributed by atoms with van der Waals surface area (Å²) in [7, 11) is -0.497. The predicted molar refractivity (Wildman–Crippen MR) is 113 cm³/mol. The van der Waals surface area contributed by atoms with E-state index in [1.54, 1.807) is 12.1 Å². The summed E-state index contributed by atoms with van der Waals surface area (Å²) < 4.78 is 33.3. The summed E-state index contributed by atoms with van der Waals surface area (Å²) in [5.41, 5.74) is 0.302. The van der Waals surface area contributed by atoms with Gasteiger partial charge in [0.1, 0.15) is 10.6 Å². The van der Waals surface area contributed by atoms with Gasteiger partial charge in [0, 0.05) is 31.2 Å². The van der Waals surface area contributed by atoms with Gasteiger partial charge in [0.2, 0.25) is 10.0 Å². The molecule has 1 saturated heterocycles. The number of piperidine rings is 1. The van der Waals surface area contributed by atoms with Crippen LogP contribution in [-0.4, -0.2) is 58.5 Å². The number of carbonyl (C=O) groups is 1. The van der Waals surface area contributed by atoms with Crippen LogP contribution < -0.4 is 15.4 Å². The molecule has 1 aromatic carbocycles. The lowest BCUT2D eigenvalue weighted by molar-refractivity contribution is 0.0950. The summed E-state index contributed by atoms with van der Waals surface area (Å²) in [5, 5.41) is 5.85. The Morgan fingerprint density at radius 1 is 1.29 bits per heavy atom. The molecule has 0 saturated carbocycles. The van der Waals surface area contributed by atoms with Crippen molar-refractivity contribution < 1.29 is 17.9 Å². The van der Waals surface area contributed by atoms with Crippen molar-refractivity contribution in [2.24, 2.45) is 11.8 Å². The third-order valence-electron chi connectivity index (χ3n) is 4.94. The maximum Gasteiger partial charge on any atom is 0.251 e. The highest BCUT2D eigenvalue weighted by Gasteiger charge is 2.34. The third kappa shape index (κ3) is 5.83. The van der Waals surface area contributed by atoms with Gasteiger partial charge >= 0.3 is 0 Å². The van der Waals surface area contributed by atoms with Gasteiger partial charge in [-0.3, -0.25) is 4.79 Å². The highest BCUT2D eigenvalue weighted by Crippen LogP contribution is 2.32. The maximum atomic E-state index is 13.2. The van der Waals surface area contributed by atoms with Crippen LogP contribution in [0.5, 0.6) is 5.75 Å². The van der Waals surface area contributed by atoms with E-state index in [1.165, 1.54) is 17.5 Å². The molecule has 0 spiro atoms. The Kier molecular flexibility index (Phi) is 9.20. The SMILES string of the molecule is CNC(C)CNC(=O)c1ccc(OC)c(S(=O)(=O)N2CC(C)CC(C)C2)c1.Cl. The molecular weight excluding hydrogens is 402 g/mol. The van der Waals surface area contributed by atoms with E-state index in [-0.39, 0.29) is 35.0 Å². The number of benzene rings is 1. The van der Waals surface area contributed by atoms with E-state index in [0.29, 0.717) is 37.0 Å². The van der Waals surface area contributed by atoms with Crippen LogP contribution in [0.4, 0.5) is 0 Å². The normalized spacial score (nSPS) is 21.5. The van der Waals surface area contributed by atoms with E-state index in [0.717, 1.165) is 6.42 Å². The number of hydrogen-bond donors (Lipinski definition) is 2. The smallest absolute Gasteiger partial charge is 0.251 e. The third-order valence-corrected chi connectivity index (χ3v) is 6.79. The lowest BCUT2D eigenvalue weighted by atomic mass is 9.94. The molecule has 9 heteroatoms. The summed E-state index contributed by atoms with van der Waals surface area (Å²) in [6.45, 7) is 7.47. The van der Waals surface area contributed by atoms with Gasteiger partial charge in [0.05, 0.1) is 7.11 Å². The van der Waals surface area contributed by atoms with Crippen molar-refractivity contribution in [2.75, 3.05) is 33.8 Å². The van der Waals surface area contributed by atoms with E-state index in [2.05, 4.69) is 24.5 Å². The van der Waals surface area contributed by atoms with Crippen molar-refractivity contribution in [2.45, 2.75) is 38.1 Å². The van der Waals surface area contributed by atoms with E-state index in [1.807, 2.05) is 14.0 Å². The molecule has 3 atom stereocenters. The molecule has 2 N–H and O–H groups in total. The first-order valence-corrected chi connectivity index (χ1v) is 10.8. The Balaban J connectivity index is 0.00000392. The van der Waals surface area contributed by atoms with Gasteiger partial charge in [0.15, 0.2) is 0 Å². The highest BCUT2D eigenvalue weighted by molar-refractivity contribution is 7.89. The first kappa shape index (κ1) is 24.7. The summed E-state index contributed by atoms with van der Waals surface area (Å²) >= 11 is 0. The van der Waals surface area contributed by atoms with Crippen molar-refractivity contribution in [3.05, 3.63) is 23.8 Å². The molecular formula is C19H32ClN3O4S. The van der Waals surface area contributed by atoms with E-state index in [4.69, 9.17) is 4.74 Å². The van der Waals surface area contributed by atoms with Crippen molar-refractivity contribution >= 4 is 28.3 Å². The zero-order valence-electron chi connectivity index (χ0n) is 17.2. The maximum absolute atomic E-state index is 13.2. The molecule has 0 bridgehead atoms. The molecule has 0 aliphatic carbocycles. The van der Waals surface area contributed by atoms with E-state index >= 15 is 0 Å². The van der Waals surface area contributed by atoms with Gasteiger partial charge < -0.3 is 15.4 Å². The molecule has 3 unspecified atom stereocenters. The molecule has 1 aromatic rings. The van der Waals surface area contributed by atoms with Crippen LogP contribution in [0.3, 0.4) is 0 Å². The first-order chi connectivity index (χ1) is 12.7. The Morgan fingerprint density at radius 2 is 1.89 bits per heavy atom. The number of methoxy groups -OCH3 is 1. The number of rotatable bonds is 7. The molecule has 0 radical (unpaired) electrons. The van der Waals surface area contributed by atoms with Gasteiger partial charge in [-0.25, -0.2) is 8.42 Å². The summed E-state index contributed by atoms with van der Waals surface area (Å²) in [6, 6.07) is 4.66. The monoisotopic (exact) mass is 433 g/mol. The molecule has 1 amide bonds. The lowest BCUT2D eigenvalue weighted by Gasteiger charge is -2.34. The average Bonchev–Trinajstić information content (AvgIpc) is 2.64. The fourth-order valence-electron chi connectivity index (χ4n) is 3.41. The number of halogens is 1. The number of sulfonamides is 1. The molecule has 2 rings (SSSR count). The zero-order valence-corrected chi connectivity index (χ0v) is 18.8. The van der Waals surface area contributed by atoms with Crippen molar-refractivity contribution in [1.82, 2.24) is 14.9 Å². The molecule has 0 aromatic heterocycles. The van der Waals surface area contributed by atoms with Gasteiger partial charge in [-0.1, -0.05) is 13.8 Å². The topological polar surface area (TPSA) is 87.7 Å². The molecule has 1 aliphatic heterocycles. The highest BCUT2D eigenvalue weighted by atomic mass is 35.5. The number of carbonyl (C=O) groups excluding carboxylic acids is 1. The largest absolute Gasteiger partial charge is 0.495 e. The molecule has 160 valence electrons. The van der Waals surface area contributed by atoms with Gasteiger partial charge in [-0.05, 0) is 50.4 Å². The number of nitrogens with zero attached hydrogens (tertiary/aromatic N) is 1. The Morgan fingerprint density at radius 3 is 2.43 bits per heavy atom. The fourth-order valence-corrected chi connectivity index (χ4v) is 5.27. The minimum atomic E-state index is -3.75. The van der Waals surface area contributed by atoms with E-state index < -0.39 is 10.0 Å². The van der Waals surface area contributed by atoms with Gasteiger partial charge in [-0.2, -0.15) is 4.31 Å². The van der Waals surface area contributed by atoms with Gasteiger partial charge in [-0.15, -0.1) is 12.4 Å². The molecule has 28 heavy (non-hydrogen) atoms. The van der Waals surface area contributed by atoms with Crippen LogP contribution in [-0.2, 0) is 10.0 Å². The summed E-state index contributed by atoms with van der Waals surface area (Å²) in [4.78, 5) is 12.5. The minimum absolute atomic E-state index is 0. The van der Waals surface area contributed by atoms with Gasteiger partial charge in [0.25, 0.3) is 5.91 Å². The Labute approximate surface area is 174 Å². The standard InChI is InChI=1S/C19H31N3O4S.ClH/c1-13-8-14(2)12-22(11-13)27(24,25)18-9-16(6-7-17(18)26-5)19(23)21-10-15(3)20-4;/h6-7,9,13-15,20H,8,10-12H2,1-5H3,(H,21,23);1H. The summed E-state index contributed by atoms with van der Waals surface area (Å²) in [6.07, 6.45) is 1.01. The molecule has 1 heterocycles.